The van der Waals surface area contributed by atoms with E-state index < -0.39 is 11.6 Å². The van der Waals surface area contributed by atoms with Gasteiger partial charge in [-0.15, -0.1) is 0 Å². The molecular weight excluding hydrogens is 305 g/mol. The number of aliphatic hydroxyl groups excluding tert-OH is 1. The minimum absolute atomic E-state index is 0.0563. The highest BCUT2D eigenvalue weighted by molar-refractivity contribution is 8.00. The standard InChI is InChI=1S/C14H17F3O3S/c1-2-9-20-13(19)8-7-12(18)10-3-5-11(6-4-10)21-14(15,16)17/h3-6,12,18H,2,7-9H2,1H3. The summed E-state index contributed by atoms with van der Waals surface area (Å²) < 4.78 is 41.4. The number of carbonyl (C=O) groups excluding carboxylic acids is 1. The molecule has 0 heterocycles. The number of halogens is 3. The molecular formula is C14H17F3O3S. The maximum Gasteiger partial charge on any atom is 0.446 e. The molecule has 0 bridgehead atoms. The van der Waals surface area contributed by atoms with E-state index in [9.17, 15) is 23.1 Å². The first-order valence-electron chi connectivity index (χ1n) is 6.51. The quantitative estimate of drug-likeness (QED) is 0.607. The highest BCUT2D eigenvalue weighted by atomic mass is 32.2. The van der Waals surface area contributed by atoms with Gasteiger partial charge in [0.15, 0.2) is 0 Å². The van der Waals surface area contributed by atoms with Crippen molar-refractivity contribution in [1.29, 1.82) is 0 Å². The number of benzene rings is 1. The number of carbonyl (C=O) groups is 1. The van der Waals surface area contributed by atoms with Crippen LogP contribution in [0.4, 0.5) is 13.2 Å². The number of alkyl halides is 3. The van der Waals surface area contributed by atoms with E-state index in [0.717, 1.165) is 6.42 Å². The lowest BCUT2D eigenvalue weighted by molar-refractivity contribution is -0.144. The van der Waals surface area contributed by atoms with Crippen LogP contribution in [0.2, 0.25) is 0 Å². The lowest BCUT2D eigenvalue weighted by Gasteiger charge is -2.12. The minimum atomic E-state index is -4.33. The zero-order chi connectivity index (χ0) is 15.9. The zero-order valence-corrected chi connectivity index (χ0v) is 12.3. The number of hydrogen-bond acceptors (Lipinski definition) is 4. The summed E-state index contributed by atoms with van der Waals surface area (Å²) in [4.78, 5) is 11.3. The molecule has 0 fully saturated rings. The van der Waals surface area contributed by atoms with Crippen LogP contribution in [0.25, 0.3) is 0 Å². The molecule has 1 aromatic carbocycles. The second-order valence-electron chi connectivity index (χ2n) is 4.39. The number of ether oxygens (including phenoxy) is 1. The van der Waals surface area contributed by atoms with Crippen LogP contribution in [0.15, 0.2) is 29.2 Å². The van der Waals surface area contributed by atoms with Crippen molar-refractivity contribution in [2.24, 2.45) is 0 Å². The van der Waals surface area contributed by atoms with Crippen LogP contribution in [-0.4, -0.2) is 23.2 Å². The van der Waals surface area contributed by atoms with E-state index in [2.05, 4.69) is 0 Å². The summed E-state index contributed by atoms with van der Waals surface area (Å²) in [6.45, 7) is 2.22. The first kappa shape index (κ1) is 17.8. The molecule has 1 N–H and O–H groups in total. The van der Waals surface area contributed by atoms with Gasteiger partial charge in [-0.2, -0.15) is 13.2 Å². The van der Waals surface area contributed by atoms with Crippen molar-refractivity contribution in [2.75, 3.05) is 6.61 Å². The highest BCUT2D eigenvalue weighted by Crippen LogP contribution is 2.37. The second-order valence-corrected chi connectivity index (χ2v) is 5.53. The monoisotopic (exact) mass is 322 g/mol. The molecule has 0 saturated carbocycles. The Bertz CT molecular complexity index is 446. The van der Waals surface area contributed by atoms with Gasteiger partial charge in [0.25, 0.3) is 0 Å². The molecule has 118 valence electrons. The first-order valence-corrected chi connectivity index (χ1v) is 7.33. The zero-order valence-electron chi connectivity index (χ0n) is 11.5. The van der Waals surface area contributed by atoms with E-state index in [1.807, 2.05) is 6.92 Å². The molecule has 0 aliphatic heterocycles. The lowest BCUT2D eigenvalue weighted by atomic mass is 10.1. The third-order valence-corrected chi connectivity index (χ3v) is 3.33. The Kier molecular flexibility index (Phi) is 7.04. The normalized spacial score (nSPS) is 13.0. The summed E-state index contributed by atoms with van der Waals surface area (Å²) in [6, 6.07) is 5.45. The molecule has 0 spiro atoms. The number of thioether (sulfide) groups is 1. The largest absolute Gasteiger partial charge is 0.466 e. The van der Waals surface area contributed by atoms with Crippen molar-refractivity contribution in [3.05, 3.63) is 29.8 Å². The van der Waals surface area contributed by atoms with Gasteiger partial charge in [0.2, 0.25) is 0 Å². The summed E-state index contributed by atoms with van der Waals surface area (Å²) >= 11 is -0.207. The summed E-state index contributed by atoms with van der Waals surface area (Å²) in [5, 5.41) is 9.88. The molecule has 0 amide bonds. The van der Waals surface area contributed by atoms with E-state index in [1.165, 1.54) is 24.3 Å². The van der Waals surface area contributed by atoms with Crippen LogP contribution in [0.3, 0.4) is 0 Å². The van der Waals surface area contributed by atoms with E-state index in [1.54, 1.807) is 0 Å². The Morgan fingerprint density at radius 2 is 1.95 bits per heavy atom. The minimum Gasteiger partial charge on any atom is -0.466 e. The van der Waals surface area contributed by atoms with Crippen molar-refractivity contribution in [1.82, 2.24) is 0 Å². The van der Waals surface area contributed by atoms with Crippen LogP contribution in [0.5, 0.6) is 0 Å². The van der Waals surface area contributed by atoms with Gasteiger partial charge in [-0.1, -0.05) is 19.1 Å². The van der Waals surface area contributed by atoms with Gasteiger partial charge in [0, 0.05) is 11.3 Å². The van der Waals surface area contributed by atoms with Gasteiger partial charge in [-0.25, -0.2) is 0 Å². The molecule has 1 unspecified atom stereocenters. The van der Waals surface area contributed by atoms with Crippen LogP contribution >= 0.6 is 11.8 Å². The van der Waals surface area contributed by atoms with E-state index in [4.69, 9.17) is 4.74 Å². The van der Waals surface area contributed by atoms with Crippen LogP contribution in [-0.2, 0) is 9.53 Å². The average Bonchev–Trinajstić information content (AvgIpc) is 2.41. The van der Waals surface area contributed by atoms with Crippen LogP contribution in [0, 0.1) is 0 Å². The maximum atomic E-state index is 12.2. The maximum absolute atomic E-state index is 12.2. The fourth-order valence-corrected chi connectivity index (χ4v) is 2.14. The highest BCUT2D eigenvalue weighted by Gasteiger charge is 2.29. The second kappa shape index (κ2) is 8.29. The number of hydrogen-bond donors (Lipinski definition) is 1. The molecule has 1 rings (SSSR count). The molecule has 3 nitrogen and oxygen atoms in total. The summed E-state index contributed by atoms with van der Waals surface area (Å²) in [5.41, 5.74) is -3.85. The van der Waals surface area contributed by atoms with Crippen molar-refractivity contribution in [3.8, 4) is 0 Å². The summed E-state index contributed by atoms with van der Waals surface area (Å²) in [5.74, 6) is -0.389. The molecule has 0 radical (unpaired) electrons. The Balaban J connectivity index is 2.47. The predicted octanol–water partition coefficient (Wildman–Crippen LogP) is 4.07. The topological polar surface area (TPSA) is 46.5 Å². The molecule has 0 saturated heterocycles. The fourth-order valence-electron chi connectivity index (χ4n) is 1.60. The molecule has 21 heavy (non-hydrogen) atoms. The fraction of sp³-hybridized carbons (Fsp3) is 0.500. The summed E-state index contributed by atoms with van der Waals surface area (Å²) in [7, 11) is 0. The third-order valence-electron chi connectivity index (χ3n) is 2.59. The van der Waals surface area contributed by atoms with Gasteiger partial charge >= 0.3 is 11.5 Å². The molecule has 0 aromatic heterocycles. The third kappa shape index (κ3) is 7.38. The van der Waals surface area contributed by atoms with Crippen molar-refractivity contribution < 1.29 is 27.8 Å². The van der Waals surface area contributed by atoms with E-state index >= 15 is 0 Å². The Hall–Kier alpha value is -1.21. The van der Waals surface area contributed by atoms with Gasteiger partial charge in [-0.05, 0) is 42.3 Å². The average molecular weight is 322 g/mol. The molecule has 0 aliphatic carbocycles. The van der Waals surface area contributed by atoms with Crippen LogP contribution < -0.4 is 0 Å². The Morgan fingerprint density at radius 1 is 1.33 bits per heavy atom. The van der Waals surface area contributed by atoms with Gasteiger partial charge < -0.3 is 9.84 Å². The number of rotatable bonds is 7. The molecule has 7 heteroatoms. The Morgan fingerprint density at radius 3 is 2.48 bits per heavy atom. The van der Waals surface area contributed by atoms with Gasteiger partial charge in [-0.3, -0.25) is 4.79 Å². The predicted molar refractivity (Wildman–Crippen MR) is 73.8 cm³/mol. The lowest BCUT2D eigenvalue weighted by Crippen LogP contribution is -2.08. The number of aliphatic hydroxyl groups is 1. The SMILES string of the molecule is CCCOC(=O)CCC(O)c1ccc(SC(F)(F)F)cc1. The number of esters is 1. The van der Waals surface area contributed by atoms with Crippen molar-refractivity contribution >= 4 is 17.7 Å². The van der Waals surface area contributed by atoms with Gasteiger partial charge in [0.05, 0.1) is 12.7 Å². The van der Waals surface area contributed by atoms with Crippen molar-refractivity contribution in [2.45, 2.75) is 42.7 Å². The van der Waals surface area contributed by atoms with Crippen molar-refractivity contribution in [3.63, 3.8) is 0 Å². The van der Waals surface area contributed by atoms with Gasteiger partial charge in [0.1, 0.15) is 0 Å². The summed E-state index contributed by atoms with van der Waals surface area (Å²) in [6.07, 6.45) is 0.0744. The molecule has 1 aromatic rings. The van der Waals surface area contributed by atoms with E-state index in [0.29, 0.717) is 12.2 Å². The molecule has 0 aliphatic rings. The first-order chi connectivity index (χ1) is 9.81. The molecule has 1 atom stereocenters. The smallest absolute Gasteiger partial charge is 0.446 e. The van der Waals surface area contributed by atoms with Crippen LogP contribution in [0.1, 0.15) is 37.9 Å². The van der Waals surface area contributed by atoms with E-state index in [-0.39, 0.29) is 35.5 Å². The Labute approximate surface area is 125 Å².